The minimum absolute atomic E-state index is 1.14. The van der Waals surface area contributed by atoms with Gasteiger partial charge < -0.3 is 9.80 Å². The lowest BCUT2D eigenvalue weighted by molar-refractivity contribution is 0.312. The number of piperazine rings is 1. The van der Waals surface area contributed by atoms with Gasteiger partial charge in [0.25, 0.3) is 0 Å². The normalized spacial score (nSPS) is 18.2. The first-order valence-corrected chi connectivity index (χ1v) is 5.60. The van der Waals surface area contributed by atoms with Crippen LogP contribution in [0.15, 0.2) is 12.1 Å². The highest BCUT2D eigenvalue weighted by Crippen LogP contribution is 2.23. The highest BCUT2D eigenvalue weighted by molar-refractivity contribution is 5.55. The second-order valence-corrected chi connectivity index (χ2v) is 4.40. The standard InChI is InChI=1S/C13H19N2/c1-11-5-4-6-13(12(11)2)15-9-7-14(3)8-10-15/h4,6H,7-10H2,1-3H3. The van der Waals surface area contributed by atoms with Crippen LogP contribution in [-0.4, -0.2) is 38.1 Å². The van der Waals surface area contributed by atoms with Crippen LogP contribution < -0.4 is 4.90 Å². The first-order valence-electron chi connectivity index (χ1n) is 5.60. The summed E-state index contributed by atoms with van der Waals surface area (Å²) in [5.41, 5.74) is 4.04. The van der Waals surface area contributed by atoms with Crippen molar-refractivity contribution >= 4 is 5.69 Å². The van der Waals surface area contributed by atoms with E-state index in [-0.39, 0.29) is 0 Å². The van der Waals surface area contributed by atoms with Crippen LogP contribution in [0, 0.1) is 19.9 Å². The van der Waals surface area contributed by atoms with Gasteiger partial charge in [-0.25, -0.2) is 0 Å². The summed E-state index contributed by atoms with van der Waals surface area (Å²) >= 11 is 0. The maximum absolute atomic E-state index is 3.25. The molecule has 15 heavy (non-hydrogen) atoms. The monoisotopic (exact) mass is 203 g/mol. The van der Waals surface area contributed by atoms with Gasteiger partial charge in [-0.2, -0.15) is 0 Å². The Morgan fingerprint density at radius 2 is 1.80 bits per heavy atom. The maximum atomic E-state index is 3.25. The van der Waals surface area contributed by atoms with Gasteiger partial charge in [0.1, 0.15) is 0 Å². The first-order chi connectivity index (χ1) is 7.18. The molecule has 1 aliphatic rings. The SMILES string of the molecule is Cc1[c]ccc(N2CCN(C)CC2)c1C. The zero-order valence-electron chi connectivity index (χ0n) is 9.88. The van der Waals surface area contributed by atoms with Gasteiger partial charge in [-0.15, -0.1) is 0 Å². The molecule has 0 spiro atoms. The first kappa shape index (κ1) is 10.5. The minimum atomic E-state index is 1.14. The van der Waals surface area contributed by atoms with E-state index in [1.807, 2.05) is 6.07 Å². The minimum Gasteiger partial charge on any atom is -0.369 e. The Bertz CT molecular complexity index is 338. The molecule has 1 aromatic carbocycles. The Kier molecular flexibility index (Phi) is 2.96. The summed E-state index contributed by atoms with van der Waals surface area (Å²) in [6.45, 7) is 8.93. The van der Waals surface area contributed by atoms with Gasteiger partial charge >= 0.3 is 0 Å². The van der Waals surface area contributed by atoms with Crippen LogP contribution in [0.2, 0.25) is 0 Å². The Morgan fingerprint density at radius 1 is 1.13 bits per heavy atom. The average Bonchev–Trinajstić information content (AvgIpc) is 2.24. The summed E-state index contributed by atoms with van der Waals surface area (Å²) in [4.78, 5) is 4.87. The predicted octanol–water partition coefficient (Wildman–Crippen LogP) is 1.86. The number of rotatable bonds is 1. The molecule has 1 aliphatic heterocycles. The maximum Gasteiger partial charge on any atom is 0.0399 e. The molecule has 0 bridgehead atoms. The highest BCUT2D eigenvalue weighted by Gasteiger charge is 2.15. The van der Waals surface area contributed by atoms with Gasteiger partial charge in [0.05, 0.1) is 0 Å². The van der Waals surface area contributed by atoms with Crippen LogP contribution in [0.25, 0.3) is 0 Å². The van der Waals surface area contributed by atoms with Crippen molar-refractivity contribution in [1.29, 1.82) is 0 Å². The number of anilines is 1. The zero-order valence-corrected chi connectivity index (χ0v) is 9.88. The molecule has 2 rings (SSSR count). The molecule has 0 saturated carbocycles. The molecule has 0 N–H and O–H groups in total. The fourth-order valence-electron chi connectivity index (χ4n) is 2.06. The second kappa shape index (κ2) is 4.23. The second-order valence-electron chi connectivity index (χ2n) is 4.40. The molecule has 0 aromatic heterocycles. The molecule has 0 atom stereocenters. The Labute approximate surface area is 92.5 Å². The van der Waals surface area contributed by atoms with Gasteiger partial charge in [-0.3, -0.25) is 0 Å². The highest BCUT2D eigenvalue weighted by atomic mass is 15.2. The fourth-order valence-corrected chi connectivity index (χ4v) is 2.06. The van der Waals surface area contributed by atoms with Crippen LogP contribution >= 0.6 is 0 Å². The van der Waals surface area contributed by atoms with E-state index >= 15 is 0 Å². The number of hydrogen-bond donors (Lipinski definition) is 0. The smallest absolute Gasteiger partial charge is 0.0399 e. The molecule has 1 radical (unpaired) electrons. The lowest BCUT2D eigenvalue weighted by Gasteiger charge is -2.35. The van der Waals surface area contributed by atoms with Crippen LogP contribution in [0.3, 0.4) is 0 Å². The summed E-state index contributed by atoms with van der Waals surface area (Å²) in [6.07, 6.45) is 0. The molecular weight excluding hydrogens is 184 g/mol. The van der Waals surface area contributed by atoms with Crippen LogP contribution in [0.1, 0.15) is 11.1 Å². The lowest BCUT2D eigenvalue weighted by Crippen LogP contribution is -2.44. The number of likely N-dealkylation sites (N-methyl/N-ethyl adjacent to an activating group) is 1. The topological polar surface area (TPSA) is 6.48 Å². The van der Waals surface area contributed by atoms with Crippen molar-refractivity contribution in [2.45, 2.75) is 13.8 Å². The van der Waals surface area contributed by atoms with E-state index in [0.717, 1.165) is 26.2 Å². The van der Waals surface area contributed by atoms with Crippen molar-refractivity contribution in [2.75, 3.05) is 38.1 Å². The fraction of sp³-hybridized carbons (Fsp3) is 0.538. The van der Waals surface area contributed by atoms with Crippen molar-refractivity contribution in [3.8, 4) is 0 Å². The lowest BCUT2D eigenvalue weighted by atomic mass is 10.1. The van der Waals surface area contributed by atoms with Crippen molar-refractivity contribution in [3.05, 3.63) is 29.3 Å². The van der Waals surface area contributed by atoms with E-state index in [4.69, 9.17) is 0 Å². The molecule has 1 heterocycles. The molecule has 1 aromatic rings. The van der Waals surface area contributed by atoms with Crippen molar-refractivity contribution in [3.63, 3.8) is 0 Å². The Morgan fingerprint density at radius 3 is 2.47 bits per heavy atom. The number of hydrogen-bond acceptors (Lipinski definition) is 2. The van der Waals surface area contributed by atoms with Gasteiger partial charge in [0.2, 0.25) is 0 Å². The number of aryl methyl sites for hydroxylation is 1. The van der Waals surface area contributed by atoms with Crippen LogP contribution in [0.4, 0.5) is 5.69 Å². The van der Waals surface area contributed by atoms with Gasteiger partial charge in [-0.05, 0) is 44.2 Å². The van der Waals surface area contributed by atoms with Crippen molar-refractivity contribution in [2.24, 2.45) is 0 Å². The molecule has 1 saturated heterocycles. The third-order valence-electron chi connectivity index (χ3n) is 3.33. The quantitative estimate of drug-likeness (QED) is 0.687. The van der Waals surface area contributed by atoms with Crippen LogP contribution in [0.5, 0.6) is 0 Å². The summed E-state index contributed by atoms with van der Waals surface area (Å²) in [5.74, 6) is 0. The van der Waals surface area contributed by atoms with E-state index in [9.17, 15) is 0 Å². The Hall–Kier alpha value is -1.02. The van der Waals surface area contributed by atoms with E-state index in [2.05, 4.69) is 42.8 Å². The van der Waals surface area contributed by atoms with E-state index in [1.54, 1.807) is 0 Å². The van der Waals surface area contributed by atoms with E-state index < -0.39 is 0 Å². The molecule has 0 unspecified atom stereocenters. The molecular formula is C13H19N2. The van der Waals surface area contributed by atoms with Crippen molar-refractivity contribution in [1.82, 2.24) is 4.90 Å². The number of nitrogens with zero attached hydrogens (tertiary/aromatic N) is 2. The summed E-state index contributed by atoms with van der Waals surface area (Å²) in [6, 6.07) is 7.48. The van der Waals surface area contributed by atoms with Gasteiger partial charge in [0.15, 0.2) is 0 Å². The molecule has 1 fully saturated rings. The number of benzene rings is 1. The van der Waals surface area contributed by atoms with Crippen molar-refractivity contribution < 1.29 is 0 Å². The van der Waals surface area contributed by atoms with E-state index in [1.165, 1.54) is 16.8 Å². The molecule has 2 heteroatoms. The molecule has 0 aliphatic carbocycles. The molecule has 81 valence electrons. The third kappa shape index (κ3) is 2.15. The summed E-state index contributed by atoms with van der Waals surface area (Å²) in [7, 11) is 2.19. The zero-order chi connectivity index (χ0) is 10.8. The predicted molar refractivity (Wildman–Crippen MR) is 64.5 cm³/mol. The van der Waals surface area contributed by atoms with E-state index in [0.29, 0.717) is 0 Å². The molecule has 2 nitrogen and oxygen atoms in total. The summed E-state index contributed by atoms with van der Waals surface area (Å²) in [5, 5.41) is 0. The van der Waals surface area contributed by atoms with Crippen LogP contribution in [-0.2, 0) is 0 Å². The van der Waals surface area contributed by atoms with Gasteiger partial charge in [-0.1, -0.05) is 6.07 Å². The van der Waals surface area contributed by atoms with Gasteiger partial charge in [0, 0.05) is 31.9 Å². The largest absolute Gasteiger partial charge is 0.369 e. The third-order valence-corrected chi connectivity index (χ3v) is 3.33. The average molecular weight is 203 g/mol. The summed E-state index contributed by atoms with van der Waals surface area (Å²) < 4.78 is 0. The molecule has 0 amide bonds. The Balaban J connectivity index is 2.19.